The Bertz CT molecular complexity index is 2610. The van der Waals surface area contributed by atoms with Crippen molar-refractivity contribution in [3.8, 4) is 0 Å². The van der Waals surface area contributed by atoms with E-state index >= 15 is 0 Å². The smallest absolute Gasteiger partial charge is 0.463 e. The van der Waals surface area contributed by atoms with Gasteiger partial charge in [0.25, 0.3) is 0 Å². The molecule has 5 unspecified atom stereocenters. The fourth-order valence-electron chi connectivity index (χ4n) is 11.3. The van der Waals surface area contributed by atoms with E-state index in [-0.39, 0.29) is 19.3 Å². The lowest BCUT2D eigenvalue weighted by atomic mass is 10.0. The van der Waals surface area contributed by atoms with Crippen LogP contribution in [-0.4, -0.2) is 95.9 Å². The van der Waals surface area contributed by atoms with Gasteiger partial charge in [-0.2, -0.15) is 0 Å². The van der Waals surface area contributed by atoms with Gasteiger partial charge < -0.3 is 34.2 Å². The van der Waals surface area contributed by atoms with Crippen LogP contribution in [-0.2, 0) is 55.8 Å². The molecule has 109 heavy (non-hydrogen) atoms. The summed E-state index contributed by atoms with van der Waals surface area (Å²) < 4.78 is 61.3. The summed E-state index contributed by atoms with van der Waals surface area (Å²) in [5.74, 6) is -1.61. The number of phosphoric ester groups is 2. The molecule has 0 radical (unpaired) electrons. The van der Waals surface area contributed by atoms with E-state index in [1.165, 1.54) is 116 Å². The third-order valence-electron chi connectivity index (χ3n) is 17.7. The van der Waals surface area contributed by atoms with Gasteiger partial charge in [0.05, 0.1) is 26.4 Å². The van der Waals surface area contributed by atoms with Crippen molar-refractivity contribution in [2.24, 2.45) is 0 Å². The number of phosphoric acid groups is 2. The Labute approximate surface area is 663 Å². The molecule has 0 aliphatic heterocycles. The maximum atomic E-state index is 13.0. The minimum atomic E-state index is -4.95. The predicted octanol–water partition coefficient (Wildman–Crippen LogP) is 25.8. The number of rotatable bonds is 80. The summed E-state index contributed by atoms with van der Waals surface area (Å²) >= 11 is 0. The zero-order chi connectivity index (χ0) is 79.4. The summed E-state index contributed by atoms with van der Waals surface area (Å²) in [6, 6.07) is 0. The lowest BCUT2D eigenvalue weighted by Crippen LogP contribution is -2.30. The van der Waals surface area contributed by atoms with Gasteiger partial charge in [0.1, 0.15) is 25.4 Å². The Kier molecular flexibility index (Phi) is 79.0. The molecule has 0 aliphatic carbocycles. The summed E-state index contributed by atoms with van der Waals surface area (Å²) in [5.41, 5.74) is 0. The third-order valence-corrected chi connectivity index (χ3v) is 19.6. The molecule has 0 aromatic carbocycles. The van der Waals surface area contributed by atoms with Crippen LogP contribution in [0.1, 0.15) is 342 Å². The fraction of sp³-hybridized carbons (Fsp3) is 0.681. The van der Waals surface area contributed by atoms with Crippen LogP contribution in [0.4, 0.5) is 0 Å². The highest BCUT2D eigenvalue weighted by Gasteiger charge is 2.29. The van der Waals surface area contributed by atoms with Crippen LogP contribution in [0.25, 0.3) is 0 Å². The molecule has 0 aromatic heterocycles. The Morgan fingerprint density at radius 2 is 0.486 bits per heavy atom. The highest BCUT2D eigenvalue weighted by Crippen LogP contribution is 2.45. The average Bonchev–Trinajstić information content (AvgIpc) is 0.868. The van der Waals surface area contributed by atoms with Crippen LogP contribution < -0.4 is 0 Å². The Hall–Kier alpha value is -4.83. The van der Waals surface area contributed by atoms with E-state index in [0.717, 1.165) is 167 Å². The van der Waals surface area contributed by atoms with E-state index < -0.39 is 91.5 Å². The molecule has 0 saturated heterocycles. The Balaban J connectivity index is 4.52. The number of aliphatic hydroxyl groups excluding tert-OH is 2. The molecule has 4 N–H and O–H groups in total. The van der Waals surface area contributed by atoms with E-state index in [9.17, 15) is 43.5 Å². The van der Waals surface area contributed by atoms with E-state index in [0.29, 0.717) is 19.3 Å². The maximum absolute atomic E-state index is 13.0. The molecule has 0 spiro atoms. The zero-order valence-corrected chi connectivity index (χ0v) is 70.2. The molecule has 5 atom stereocenters. The van der Waals surface area contributed by atoms with Gasteiger partial charge in [-0.3, -0.25) is 32.5 Å². The predicted molar refractivity (Wildman–Crippen MR) is 454 cm³/mol. The van der Waals surface area contributed by atoms with Gasteiger partial charge >= 0.3 is 33.6 Å². The topological polar surface area (TPSA) is 231 Å². The number of hydrogen-bond donors (Lipinski definition) is 4. The van der Waals surface area contributed by atoms with Crippen molar-refractivity contribution in [3.05, 3.63) is 158 Å². The highest BCUT2D eigenvalue weighted by atomic mass is 31.2. The molecule has 0 bridgehead atoms. The van der Waals surface area contributed by atoms with Gasteiger partial charge in [0.15, 0.2) is 6.10 Å². The minimum absolute atomic E-state index is 0.0693. The number of allylic oxidation sites excluding steroid dienone is 26. The SMILES string of the molecule is CC/C=C\C/C=C\C/C=C\C/C=C\C/C=C\CCCCCCCCCC(=O)OCC(COP(=O)(O)OCC(O)COP(=O)(O)OCC(O)COC(=O)CCCCCCCCCCCCCCCCCCC/C=C\C/C=C\C/C=C\C/C=C\CCCCC)OC(=O)CCCCCC/C=C\C/C=C\C/C=C\C/C=C\CC. The first kappa shape index (κ1) is 104. The summed E-state index contributed by atoms with van der Waals surface area (Å²) in [5, 5.41) is 20.7. The summed E-state index contributed by atoms with van der Waals surface area (Å²) in [4.78, 5) is 58.8. The van der Waals surface area contributed by atoms with Crippen molar-refractivity contribution in [3.63, 3.8) is 0 Å². The molecule has 0 amide bonds. The van der Waals surface area contributed by atoms with Gasteiger partial charge in [0, 0.05) is 19.3 Å². The molecule has 0 heterocycles. The molecule has 0 aromatic rings. The number of ether oxygens (including phenoxy) is 3. The molecule has 0 saturated carbocycles. The average molecular weight is 1570 g/mol. The number of carbonyl (C=O) groups is 3. The third kappa shape index (κ3) is 83.9. The molecular weight excluding hydrogens is 1410 g/mol. The second-order valence-corrected chi connectivity index (χ2v) is 31.1. The normalized spacial score (nSPS) is 14.7. The Morgan fingerprint density at radius 3 is 0.771 bits per heavy atom. The molecular formula is C91H154O16P2. The minimum Gasteiger partial charge on any atom is -0.463 e. The van der Waals surface area contributed by atoms with Gasteiger partial charge in [-0.15, -0.1) is 0 Å². The first-order valence-electron chi connectivity index (χ1n) is 42.8. The van der Waals surface area contributed by atoms with Crippen LogP contribution in [0.15, 0.2) is 158 Å². The first-order valence-corrected chi connectivity index (χ1v) is 45.8. The number of aliphatic hydroxyl groups is 2. The second-order valence-electron chi connectivity index (χ2n) is 28.2. The number of unbranched alkanes of at least 4 members (excludes halogenated alkanes) is 31. The zero-order valence-electron chi connectivity index (χ0n) is 68.4. The highest BCUT2D eigenvalue weighted by molar-refractivity contribution is 7.47. The molecule has 0 rings (SSSR count). The summed E-state index contributed by atoms with van der Waals surface area (Å²) in [6.45, 7) is 2.40. The molecule has 18 heteroatoms. The molecule has 0 fully saturated rings. The lowest BCUT2D eigenvalue weighted by molar-refractivity contribution is -0.161. The van der Waals surface area contributed by atoms with Gasteiger partial charge in [-0.1, -0.05) is 333 Å². The number of esters is 3. The van der Waals surface area contributed by atoms with Gasteiger partial charge in [-0.25, -0.2) is 9.13 Å². The van der Waals surface area contributed by atoms with E-state index in [4.69, 9.17) is 32.3 Å². The second kappa shape index (κ2) is 82.6. The van der Waals surface area contributed by atoms with Crippen LogP contribution >= 0.6 is 15.6 Å². The Morgan fingerprint density at radius 1 is 0.266 bits per heavy atom. The van der Waals surface area contributed by atoms with Crippen molar-refractivity contribution >= 4 is 33.6 Å². The standard InChI is InChI=1S/C91H154O16P2/c1-4-7-10-13-16-19-22-25-28-31-33-35-37-38-39-40-41-42-43-44-45-46-48-50-51-54-56-59-62-65-68-71-74-77-89(94)101-80-86(92)81-103-108(97,98)104-82-87(93)83-105-109(99,100)106-85-88(107-91(96)79-76-73-70-67-64-61-58-53-30-27-24-21-18-15-12-9-6-3)84-102-90(95)78-75-72-69-66-63-60-57-55-52-49-47-36-34-32-29-26-23-20-17-14-11-8-5-2/h8-9,11-12,16-21,25-30,33-36,38-39,49,52,58,61,86-88,92-93H,4-7,10,13-15,22-24,31-32,37,40-48,50-51,53-57,59-60,62-85H2,1-3H3,(H,97,98)(H,99,100)/b11-8-,12-9-,19-16-,20-17-,21-18-,28-25-,29-26-,30-27-,35-33-,36-34-,39-38-,52-49-,61-58-. The molecule has 0 aliphatic rings. The van der Waals surface area contributed by atoms with Crippen molar-refractivity contribution in [1.29, 1.82) is 0 Å². The van der Waals surface area contributed by atoms with Crippen LogP contribution in [0.2, 0.25) is 0 Å². The van der Waals surface area contributed by atoms with Crippen molar-refractivity contribution in [2.75, 3.05) is 39.6 Å². The van der Waals surface area contributed by atoms with Gasteiger partial charge in [-0.05, 0) is 148 Å². The van der Waals surface area contributed by atoms with Crippen LogP contribution in [0.3, 0.4) is 0 Å². The molecule has 624 valence electrons. The lowest BCUT2D eigenvalue weighted by Gasteiger charge is -2.21. The van der Waals surface area contributed by atoms with Crippen molar-refractivity contribution in [1.82, 2.24) is 0 Å². The first-order chi connectivity index (χ1) is 53.2. The number of carbonyl (C=O) groups excluding carboxylic acids is 3. The maximum Gasteiger partial charge on any atom is 0.472 e. The van der Waals surface area contributed by atoms with Crippen molar-refractivity contribution in [2.45, 2.75) is 360 Å². The van der Waals surface area contributed by atoms with Crippen LogP contribution in [0, 0.1) is 0 Å². The summed E-state index contributed by atoms with van der Waals surface area (Å²) in [7, 11) is -9.81. The van der Waals surface area contributed by atoms with E-state index in [2.05, 4.69) is 179 Å². The van der Waals surface area contributed by atoms with E-state index in [1.54, 1.807) is 0 Å². The van der Waals surface area contributed by atoms with E-state index in [1.807, 2.05) is 0 Å². The van der Waals surface area contributed by atoms with Crippen molar-refractivity contribution < 1.29 is 75.8 Å². The fourth-order valence-corrected chi connectivity index (χ4v) is 12.9. The quantitative estimate of drug-likeness (QED) is 0.0146. The molecule has 16 nitrogen and oxygen atoms in total. The largest absolute Gasteiger partial charge is 0.472 e. The summed E-state index contributed by atoms with van der Waals surface area (Å²) in [6.07, 6.45) is 104. The van der Waals surface area contributed by atoms with Gasteiger partial charge in [0.2, 0.25) is 0 Å². The van der Waals surface area contributed by atoms with Crippen LogP contribution in [0.5, 0.6) is 0 Å². The number of hydrogen-bond acceptors (Lipinski definition) is 14. The monoisotopic (exact) mass is 1570 g/mol.